The third kappa shape index (κ3) is 3.47. The topological polar surface area (TPSA) is 94.8 Å². The summed E-state index contributed by atoms with van der Waals surface area (Å²) in [6, 6.07) is 13.6. The zero-order valence-electron chi connectivity index (χ0n) is 17.4. The Morgan fingerprint density at radius 3 is 2.59 bits per heavy atom. The zero-order chi connectivity index (χ0) is 22.2. The lowest BCUT2D eigenvalue weighted by molar-refractivity contribution is -0.116. The van der Waals surface area contributed by atoms with Gasteiger partial charge in [0, 0.05) is 23.5 Å². The molecule has 0 saturated heterocycles. The van der Waals surface area contributed by atoms with Gasteiger partial charge in [0.25, 0.3) is 5.95 Å². The molecule has 1 N–H and O–H groups in total. The molecular formula is C23H19FN6O2. The van der Waals surface area contributed by atoms with Gasteiger partial charge in [-0.15, -0.1) is 5.10 Å². The number of ether oxygens (including phenoxy) is 1. The first kappa shape index (κ1) is 19.8. The van der Waals surface area contributed by atoms with Crippen LogP contribution in [0.4, 0.5) is 10.2 Å². The fourth-order valence-corrected chi connectivity index (χ4v) is 3.96. The monoisotopic (exact) mass is 430 g/mol. The van der Waals surface area contributed by atoms with Crippen LogP contribution in [0, 0.1) is 12.7 Å². The van der Waals surface area contributed by atoms with E-state index in [2.05, 4.69) is 25.6 Å². The van der Waals surface area contributed by atoms with Gasteiger partial charge in [-0.25, -0.2) is 9.37 Å². The number of carbonyl (C=O) groups excluding carboxylic acids is 1. The summed E-state index contributed by atoms with van der Waals surface area (Å²) in [6.07, 6.45) is 1.81. The van der Waals surface area contributed by atoms with Crippen molar-refractivity contribution in [2.45, 2.75) is 19.3 Å². The third-order valence-corrected chi connectivity index (χ3v) is 5.50. The predicted octanol–water partition coefficient (Wildman–Crippen LogP) is 3.65. The lowest BCUT2D eigenvalue weighted by Crippen LogP contribution is -2.25. The summed E-state index contributed by atoms with van der Waals surface area (Å²) in [7, 11) is 1.61. The molecule has 5 rings (SSSR count). The van der Waals surface area contributed by atoms with Crippen molar-refractivity contribution in [3.05, 3.63) is 77.4 Å². The highest BCUT2D eigenvalue weighted by atomic mass is 19.1. The second kappa shape index (κ2) is 7.84. The van der Waals surface area contributed by atoms with Crippen LogP contribution < -0.4 is 10.1 Å². The number of methoxy groups -OCH3 is 1. The number of nitrogens with zero attached hydrogens (tertiary/aromatic N) is 5. The maximum atomic E-state index is 13.4. The quantitative estimate of drug-likeness (QED) is 0.531. The molecule has 1 atom stereocenters. The second-order valence-electron chi connectivity index (χ2n) is 7.49. The first-order chi connectivity index (χ1) is 15.5. The van der Waals surface area contributed by atoms with E-state index in [1.54, 1.807) is 25.4 Å². The maximum absolute atomic E-state index is 13.4. The molecule has 0 aliphatic carbocycles. The summed E-state index contributed by atoms with van der Waals surface area (Å²) in [5.74, 6) is 0.751. The van der Waals surface area contributed by atoms with Crippen molar-refractivity contribution in [2.24, 2.45) is 0 Å². The van der Waals surface area contributed by atoms with Crippen molar-refractivity contribution in [3.63, 3.8) is 0 Å². The van der Waals surface area contributed by atoms with Gasteiger partial charge in [0.15, 0.2) is 0 Å². The molecule has 2 aromatic heterocycles. The first-order valence-corrected chi connectivity index (χ1v) is 10.0. The number of anilines is 1. The molecular weight excluding hydrogens is 411 g/mol. The smallest absolute Gasteiger partial charge is 0.272 e. The van der Waals surface area contributed by atoms with Gasteiger partial charge in [-0.05, 0) is 48.9 Å². The minimum atomic E-state index is -0.323. The highest BCUT2D eigenvalue weighted by Gasteiger charge is 2.33. The van der Waals surface area contributed by atoms with E-state index in [1.807, 2.05) is 31.2 Å². The number of hydrogen-bond acceptors (Lipinski definition) is 6. The molecule has 0 radical (unpaired) electrons. The van der Waals surface area contributed by atoms with Gasteiger partial charge in [-0.2, -0.15) is 14.9 Å². The van der Waals surface area contributed by atoms with Gasteiger partial charge >= 0.3 is 0 Å². The fourth-order valence-electron chi connectivity index (χ4n) is 3.96. The molecule has 1 aliphatic rings. The first-order valence-electron chi connectivity index (χ1n) is 10.0. The number of aryl methyl sites for hydroxylation is 1. The molecule has 9 heteroatoms. The van der Waals surface area contributed by atoms with Crippen molar-refractivity contribution in [2.75, 3.05) is 12.4 Å². The number of amides is 1. The number of fused-ring (bicyclic) bond motifs is 1. The standard InChI is InChI=1S/C23H19FN6O2/c1-13-21-18(14-3-7-16(24)8-4-14)11-20(31)27-22(21)30(29-13)23-26-19(12-25-28-23)15-5-9-17(32-2)10-6-15/h3-10,12,18H,11H2,1-2H3,(H,27,31). The van der Waals surface area contributed by atoms with Crippen LogP contribution in [0.2, 0.25) is 0 Å². The van der Waals surface area contributed by atoms with E-state index in [9.17, 15) is 9.18 Å². The molecule has 0 bridgehead atoms. The molecule has 3 heterocycles. The van der Waals surface area contributed by atoms with Crippen molar-refractivity contribution < 1.29 is 13.9 Å². The van der Waals surface area contributed by atoms with Gasteiger partial charge < -0.3 is 10.1 Å². The highest BCUT2D eigenvalue weighted by molar-refractivity contribution is 5.95. The highest BCUT2D eigenvalue weighted by Crippen LogP contribution is 2.39. The molecule has 4 aromatic rings. The summed E-state index contributed by atoms with van der Waals surface area (Å²) < 4.78 is 20.1. The average molecular weight is 430 g/mol. The Kier molecular flexibility index (Phi) is 4.85. The number of carbonyl (C=O) groups is 1. The molecule has 0 fully saturated rings. The molecule has 160 valence electrons. The predicted molar refractivity (Wildman–Crippen MR) is 115 cm³/mol. The van der Waals surface area contributed by atoms with E-state index >= 15 is 0 Å². The van der Waals surface area contributed by atoms with Gasteiger partial charge in [0.1, 0.15) is 17.4 Å². The Labute approximate surface area is 183 Å². The van der Waals surface area contributed by atoms with Gasteiger partial charge in [-0.1, -0.05) is 12.1 Å². The number of rotatable bonds is 4. The number of nitrogens with one attached hydrogen (secondary N) is 1. The molecule has 8 nitrogen and oxygen atoms in total. The van der Waals surface area contributed by atoms with E-state index in [0.29, 0.717) is 11.5 Å². The lowest BCUT2D eigenvalue weighted by Gasteiger charge is -2.24. The summed E-state index contributed by atoms with van der Waals surface area (Å²) in [4.78, 5) is 17.1. The summed E-state index contributed by atoms with van der Waals surface area (Å²) >= 11 is 0. The van der Waals surface area contributed by atoms with E-state index in [1.165, 1.54) is 16.8 Å². The molecule has 0 saturated carbocycles. The normalized spacial score (nSPS) is 15.2. The van der Waals surface area contributed by atoms with Crippen molar-refractivity contribution in [3.8, 4) is 23.0 Å². The second-order valence-corrected chi connectivity index (χ2v) is 7.49. The molecule has 1 aliphatic heterocycles. The third-order valence-electron chi connectivity index (χ3n) is 5.50. The average Bonchev–Trinajstić information content (AvgIpc) is 3.15. The zero-order valence-corrected chi connectivity index (χ0v) is 17.4. The van der Waals surface area contributed by atoms with Gasteiger partial charge in [0.05, 0.1) is 24.7 Å². The van der Waals surface area contributed by atoms with Crippen LogP contribution in [0.3, 0.4) is 0 Å². The minimum absolute atomic E-state index is 0.160. The SMILES string of the molecule is COc1ccc(-c2cnnc(-n3nc(C)c4c3NC(=O)CC4c3ccc(F)cc3)n2)cc1. The molecule has 1 amide bonds. The van der Waals surface area contributed by atoms with Gasteiger partial charge in [-0.3, -0.25) is 4.79 Å². The Hall–Kier alpha value is -4.14. The number of halogens is 1. The Morgan fingerprint density at radius 1 is 1.12 bits per heavy atom. The fraction of sp³-hybridized carbons (Fsp3) is 0.174. The summed E-state index contributed by atoms with van der Waals surface area (Å²) in [5.41, 5.74) is 3.88. The van der Waals surface area contributed by atoms with E-state index in [0.717, 1.165) is 28.1 Å². The molecule has 2 aromatic carbocycles. The number of benzene rings is 2. The summed E-state index contributed by atoms with van der Waals surface area (Å²) in [5, 5.41) is 15.7. The van der Waals surface area contributed by atoms with E-state index in [-0.39, 0.29) is 30.0 Å². The number of aromatic nitrogens is 5. The van der Waals surface area contributed by atoms with Crippen LogP contribution in [0.15, 0.2) is 54.7 Å². The van der Waals surface area contributed by atoms with Crippen LogP contribution in [0.25, 0.3) is 17.2 Å². The Morgan fingerprint density at radius 2 is 1.88 bits per heavy atom. The van der Waals surface area contributed by atoms with E-state index in [4.69, 9.17) is 4.74 Å². The van der Waals surface area contributed by atoms with Crippen LogP contribution in [0.1, 0.15) is 29.2 Å². The number of hydrogen-bond donors (Lipinski definition) is 1. The van der Waals surface area contributed by atoms with Crippen LogP contribution >= 0.6 is 0 Å². The van der Waals surface area contributed by atoms with Crippen LogP contribution in [0.5, 0.6) is 5.75 Å². The maximum Gasteiger partial charge on any atom is 0.272 e. The van der Waals surface area contributed by atoms with Crippen LogP contribution in [-0.2, 0) is 4.79 Å². The van der Waals surface area contributed by atoms with Crippen LogP contribution in [-0.4, -0.2) is 38.0 Å². The largest absolute Gasteiger partial charge is 0.497 e. The Balaban J connectivity index is 1.58. The molecule has 1 unspecified atom stereocenters. The van der Waals surface area contributed by atoms with E-state index < -0.39 is 0 Å². The van der Waals surface area contributed by atoms with Crippen molar-refractivity contribution >= 4 is 11.7 Å². The lowest BCUT2D eigenvalue weighted by atomic mass is 9.86. The molecule has 32 heavy (non-hydrogen) atoms. The Bertz CT molecular complexity index is 1300. The van der Waals surface area contributed by atoms with Crippen molar-refractivity contribution in [1.82, 2.24) is 25.0 Å². The minimum Gasteiger partial charge on any atom is -0.497 e. The molecule has 0 spiro atoms. The van der Waals surface area contributed by atoms with Crippen molar-refractivity contribution in [1.29, 1.82) is 0 Å². The summed E-state index contributed by atoms with van der Waals surface area (Å²) in [6.45, 7) is 1.87. The van der Waals surface area contributed by atoms with Gasteiger partial charge in [0.2, 0.25) is 5.91 Å².